The summed E-state index contributed by atoms with van der Waals surface area (Å²) in [5, 5.41) is 13.9. The third kappa shape index (κ3) is 3.53. The molecule has 2 unspecified atom stereocenters. The fraction of sp³-hybridized carbons (Fsp3) is 0.625. The highest BCUT2D eigenvalue weighted by atomic mass is 32.2. The lowest BCUT2D eigenvalue weighted by atomic mass is 9.95. The Bertz CT molecular complexity index is 452. The number of thioether (sulfide) groups is 1. The van der Waals surface area contributed by atoms with Gasteiger partial charge in [0.25, 0.3) is 0 Å². The van der Waals surface area contributed by atoms with E-state index in [4.69, 9.17) is 0 Å². The van der Waals surface area contributed by atoms with Crippen molar-refractivity contribution in [1.82, 2.24) is 5.32 Å². The number of nitrogens with one attached hydrogen (secondary N) is 1. The number of hydrogen-bond donors (Lipinski definition) is 2. The summed E-state index contributed by atoms with van der Waals surface area (Å²) < 4.78 is 0. The minimum absolute atomic E-state index is 0.286. The molecule has 0 aliphatic carbocycles. The fourth-order valence-corrected chi connectivity index (χ4v) is 3.93. The van der Waals surface area contributed by atoms with Crippen LogP contribution in [-0.4, -0.2) is 28.8 Å². The topological polar surface area (TPSA) is 32.3 Å². The summed E-state index contributed by atoms with van der Waals surface area (Å²) in [6, 6.07) is 4.81. The first-order valence-electron chi connectivity index (χ1n) is 7.02. The molecular weight excluding hydrogens is 254 g/mol. The van der Waals surface area contributed by atoms with Gasteiger partial charge in [-0.25, -0.2) is 0 Å². The molecule has 0 aromatic heterocycles. The van der Waals surface area contributed by atoms with Crippen LogP contribution in [0, 0.1) is 20.8 Å². The van der Waals surface area contributed by atoms with Crippen LogP contribution in [0.15, 0.2) is 12.1 Å². The zero-order valence-corrected chi connectivity index (χ0v) is 13.2. The Morgan fingerprint density at radius 1 is 1.26 bits per heavy atom. The van der Waals surface area contributed by atoms with Crippen molar-refractivity contribution in [1.29, 1.82) is 0 Å². The minimum atomic E-state index is -0.507. The second-order valence-corrected chi connectivity index (χ2v) is 7.03. The molecule has 1 heterocycles. The molecule has 0 spiro atoms. The van der Waals surface area contributed by atoms with E-state index in [1.807, 2.05) is 11.8 Å². The van der Waals surface area contributed by atoms with Crippen molar-refractivity contribution < 1.29 is 5.11 Å². The maximum Gasteiger partial charge on any atom is 0.0869 e. The molecule has 0 amide bonds. The summed E-state index contributed by atoms with van der Waals surface area (Å²) in [7, 11) is 0. The standard InChI is InChI=1S/C16H25NOS/c1-11-7-13(3)15(8-12(11)2)14(4)17-9-16(18)5-6-19-10-16/h7-8,14,17-18H,5-6,9-10H2,1-4H3. The van der Waals surface area contributed by atoms with Crippen molar-refractivity contribution in [2.75, 3.05) is 18.1 Å². The van der Waals surface area contributed by atoms with Gasteiger partial charge < -0.3 is 10.4 Å². The van der Waals surface area contributed by atoms with Gasteiger partial charge in [-0.15, -0.1) is 0 Å². The summed E-state index contributed by atoms with van der Waals surface area (Å²) in [5.74, 6) is 1.94. The van der Waals surface area contributed by atoms with Crippen LogP contribution in [0.1, 0.15) is 41.6 Å². The van der Waals surface area contributed by atoms with Crippen LogP contribution in [0.25, 0.3) is 0 Å². The lowest BCUT2D eigenvalue weighted by molar-refractivity contribution is 0.0651. The van der Waals surface area contributed by atoms with E-state index in [-0.39, 0.29) is 6.04 Å². The molecule has 2 atom stereocenters. The van der Waals surface area contributed by atoms with Gasteiger partial charge in [0.05, 0.1) is 5.60 Å². The maximum atomic E-state index is 10.4. The van der Waals surface area contributed by atoms with Crippen molar-refractivity contribution in [2.45, 2.75) is 45.8 Å². The summed E-state index contributed by atoms with van der Waals surface area (Å²) in [6.07, 6.45) is 0.906. The molecule has 1 aromatic carbocycles. The average Bonchev–Trinajstić information content (AvgIpc) is 2.78. The van der Waals surface area contributed by atoms with Crippen LogP contribution in [0.2, 0.25) is 0 Å². The van der Waals surface area contributed by atoms with Crippen molar-refractivity contribution in [3.8, 4) is 0 Å². The van der Waals surface area contributed by atoms with Gasteiger partial charge in [-0.1, -0.05) is 12.1 Å². The van der Waals surface area contributed by atoms with Gasteiger partial charge >= 0.3 is 0 Å². The summed E-state index contributed by atoms with van der Waals surface area (Å²) in [5.41, 5.74) is 4.85. The summed E-state index contributed by atoms with van der Waals surface area (Å²) in [6.45, 7) is 9.35. The second-order valence-electron chi connectivity index (χ2n) is 5.92. The van der Waals surface area contributed by atoms with Gasteiger partial charge in [0.15, 0.2) is 0 Å². The maximum absolute atomic E-state index is 10.4. The monoisotopic (exact) mass is 279 g/mol. The van der Waals surface area contributed by atoms with Crippen molar-refractivity contribution in [3.63, 3.8) is 0 Å². The van der Waals surface area contributed by atoms with Crippen LogP contribution in [0.4, 0.5) is 0 Å². The van der Waals surface area contributed by atoms with E-state index >= 15 is 0 Å². The molecule has 1 saturated heterocycles. The first kappa shape index (κ1) is 14.9. The number of benzene rings is 1. The van der Waals surface area contributed by atoms with Crippen molar-refractivity contribution in [3.05, 3.63) is 34.4 Å². The molecule has 2 rings (SSSR count). The Morgan fingerprint density at radius 2 is 1.95 bits per heavy atom. The first-order valence-corrected chi connectivity index (χ1v) is 8.18. The Balaban J connectivity index is 2.03. The summed E-state index contributed by atoms with van der Waals surface area (Å²) in [4.78, 5) is 0. The third-order valence-electron chi connectivity index (χ3n) is 4.17. The van der Waals surface area contributed by atoms with E-state index in [1.165, 1.54) is 22.3 Å². The van der Waals surface area contributed by atoms with Crippen LogP contribution in [0.5, 0.6) is 0 Å². The molecule has 106 valence electrons. The smallest absolute Gasteiger partial charge is 0.0869 e. The highest BCUT2D eigenvalue weighted by Gasteiger charge is 2.31. The molecule has 1 fully saturated rings. The van der Waals surface area contributed by atoms with Gasteiger partial charge in [0, 0.05) is 18.3 Å². The normalized spacial score (nSPS) is 24.7. The quantitative estimate of drug-likeness (QED) is 0.888. The fourth-order valence-electron chi connectivity index (χ4n) is 2.64. The second kappa shape index (κ2) is 5.86. The first-order chi connectivity index (χ1) is 8.91. The van der Waals surface area contributed by atoms with E-state index in [0.717, 1.165) is 17.9 Å². The lowest BCUT2D eigenvalue weighted by Crippen LogP contribution is -2.41. The molecule has 19 heavy (non-hydrogen) atoms. The van der Waals surface area contributed by atoms with E-state index in [0.29, 0.717) is 6.54 Å². The highest BCUT2D eigenvalue weighted by molar-refractivity contribution is 7.99. The van der Waals surface area contributed by atoms with E-state index in [2.05, 4.69) is 45.1 Å². The molecule has 1 aromatic rings. The number of aliphatic hydroxyl groups is 1. The van der Waals surface area contributed by atoms with Gasteiger partial charge in [0.2, 0.25) is 0 Å². The van der Waals surface area contributed by atoms with Crippen LogP contribution in [0.3, 0.4) is 0 Å². The van der Waals surface area contributed by atoms with Crippen molar-refractivity contribution >= 4 is 11.8 Å². The van der Waals surface area contributed by atoms with Crippen molar-refractivity contribution in [2.24, 2.45) is 0 Å². The minimum Gasteiger partial charge on any atom is -0.388 e. The van der Waals surface area contributed by atoms with Crippen LogP contribution < -0.4 is 5.32 Å². The van der Waals surface area contributed by atoms with E-state index in [9.17, 15) is 5.11 Å². The Kier molecular flexibility index (Phi) is 4.59. The number of hydrogen-bond acceptors (Lipinski definition) is 3. The Hall–Kier alpha value is -0.510. The molecule has 3 heteroatoms. The Morgan fingerprint density at radius 3 is 2.58 bits per heavy atom. The van der Waals surface area contributed by atoms with Gasteiger partial charge in [-0.2, -0.15) is 11.8 Å². The van der Waals surface area contributed by atoms with Gasteiger partial charge in [0.1, 0.15) is 0 Å². The largest absolute Gasteiger partial charge is 0.388 e. The lowest BCUT2D eigenvalue weighted by Gasteiger charge is -2.26. The van der Waals surface area contributed by atoms with Gasteiger partial charge in [-0.3, -0.25) is 0 Å². The molecule has 2 nitrogen and oxygen atoms in total. The molecule has 0 radical (unpaired) electrons. The Labute approximate surface area is 121 Å². The molecular formula is C16H25NOS. The van der Waals surface area contributed by atoms with E-state index < -0.39 is 5.60 Å². The third-order valence-corrected chi connectivity index (χ3v) is 5.40. The van der Waals surface area contributed by atoms with Crippen LogP contribution in [-0.2, 0) is 0 Å². The van der Waals surface area contributed by atoms with Gasteiger partial charge in [-0.05, 0) is 62.1 Å². The zero-order valence-electron chi connectivity index (χ0n) is 12.4. The molecule has 2 N–H and O–H groups in total. The number of rotatable bonds is 4. The SMILES string of the molecule is Cc1cc(C)c(C(C)NCC2(O)CCSC2)cc1C. The average molecular weight is 279 g/mol. The molecule has 1 aliphatic rings. The highest BCUT2D eigenvalue weighted by Crippen LogP contribution is 2.28. The molecule has 0 saturated carbocycles. The predicted molar refractivity (Wildman–Crippen MR) is 84.0 cm³/mol. The molecule has 1 aliphatic heterocycles. The molecule has 0 bridgehead atoms. The zero-order chi connectivity index (χ0) is 14.0. The summed E-state index contributed by atoms with van der Waals surface area (Å²) >= 11 is 1.85. The predicted octanol–water partition coefficient (Wildman–Crippen LogP) is 3.13. The van der Waals surface area contributed by atoms with Crippen LogP contribution >= 0.6 is 11.8 Å². The number of aryl methyl sites for hydroxylation is 3. The van der Waals surface area contributed by atoms with E-state index in [1.54, 1.807) is 0 Å².